The molecule has 0 N–H and O–H groups in total. The van der Waals surface area contributed by atoms with Gasteiger partial charge in [0.25, 0.3) is 0 Å². The van der Waals surface area contributed by atoms with Crippen molar-refractivity contribution in [3.63, 3.8) is 0 Å². The second-order valence-electron chi connectivity index (χ2n) is 8.44. The first-order chi connectivity index (χ1) is 13.1. The monoisotopic (exact) mass is 371 g/mol. The summed E-state index contributed by atoms with van der Waals surface area (Å²) in [7, 11) is 0. The van der Waals surface area contributed by atoms with E-state index in [1.807, 2.05) is 6.07 Å². The highest BCUT2D eigenvalue weighted by molar-refractivity contribution is 5.83. The molecule has 0 saturated heterocycles. The number of hydrogen-bond acceptors (Lipinski definition) is 3. The van der Waals surface area contributed by atoms with Crippen molar-refractivity contribution in [3.8, 4) is 6.07 Å². The van der Waals surface area contributed by atoms with Crippen LogP contribution in [0.25, 0.3) is 0 Å². The molecule has 0 heterocycles. The van der Waals surface area contributed by atoms with E-state index in [0.29, 0.717) is 25.0 Å². The Morgan fingerprint density at radius 2 is 1.74 bits per heavy atom. The molecule has 0 radical (unpaired) electrons. The first-order valence-electron chi connectivity index (χ1n) is 10.4. The molecule has 0 bridgehead atoms. The second-order valence-corrected chi connectivity index (χ2v) is 8.44. The molecule has 146 valence electrons. The number of rotatable bonds is 5. The molecule has 2 fully saturated rings. The molecule has 4 heteroatoms. The van der Waals surface area contributed by atoms with Crippen LogP contribution in [-0.2, 0) is 14.9 Å². The summed E-state index contributed by atoms with van der Waals surface area (Å²) >= 11 is 0. The van der Waals surface area contributed by atoms with E-state index in [9.17, 15) is 9.18 Å². The number of hydrogen-bond donors (Lipinski definition) is 0. The molecular formula is C23H30FNO2. The summed E-state index contributed by atoms with van der Waals surface area (Å²) in [5.74, 6) is -0.755. The zero-order valence-electron chi connectivity index (χ0n) is 16.4. The zero-order valence-corrected chi connectivity index (χ0v) is 16.4. The van der Waals surface area contributed by atoms with Crippen molar-refractivity contribution in [2.45, 2.75) is 83.0 Å². The summed E-state index contributed by atoms with van der Waals surface area (Å²) in [6, 6.07) is 6.46. The van der Waals surface area contributed by atoms with Gasteiger partial charge in [-0.2, -0.15) is 5.26 Å². The van der Waals surface area contributed by atoms with E-state index in [1.165, 1.54) is 31.4 Å². The van der Waals surface area contributed by atoms with Crippen molar-refractivity contribution in [2.24, 2.45) is 5.41 Å². The molecule has 0 amide bonds. The lowest BCUT2D eigenvalue weighted by Crippen LogP contribution is -2.41. The van der Waals surface area contributed by atoms with Crippen LogP contribution in [0.5, 0.6) is 0 Å². The molecule has 0 unspecified atom stereocenters. The van der Waals surface area contributed by atoms with Gasteiger partial charge in [-0.05, 0) is 49.8 Å². The Bertz CT molecular complexity index is 710. The van der Waals surface area contributed by atoms with Crippen LogP contribution in [0, 0.1) is 22.6 Å². The van der Waals surface area contributed by atoms with Gasteiger partial charge in [-0.25, -0.2) is 4.39 Å². The Morgan fingerprint density at radius 1 is 1.11 bits per heavy atom. The van der Waals surface area contributed by atoms with Crippen LogP contribution in [0.2, 0.25) is 0 Å². The van der Waals surface area contributed by atoms with Gasteiger partial charge in [-0.15, -0.1) is 0 Å². The van der Waals surface area contributed by atoms with Gasteiger partial charge in [0, 0.05) is 5.41 Å². The molecule has 0 spiro atoms. The average Bonchev–Trinajstić information content (AvgIpc) is 2.73. The van der Waals surface area contributed by atoms with E-state index in [1.54, 1.807) is 6.07 Å². The molecule has 3 rings (SSSR count). The number of carbonyl (C=O) groups is 1. The molecule has 3 nitrogen and oxygen atoms in total. The van der Waals surface area contributed by atoms with Gasteiger partial charge < -0.3 is 4.74 Å². The molecule has 0 aliphatic heterocycles. The summed E-state index contributed by atoms with van der Waals surface area (Å²) in [5, 5.41) is 9.00. The number of esters is 1. The van der Waals surface area contributed by atoms with Crippen LogP contribution in [0.1, 0.15) is 88.7 Å². The molecule has 1 aromatic rings. The Balaban J connectivity index is 1.82. The molecule has 2 aliphatic carbocycles. The van der Waals surface area contributed by atoms with Crippen molar-refractivity contribution in [1.29, 1.82) is 5.26 Å². The maximum atomic E-state index is 14.3. The Morgan fingerprint density at radius 3 is 2.30 bits per heavy atom. The Labute approximate surface area is 161 Å². The number of ether oxygens (including phenoxy) is 1. The van der Waals surface area contributed by atoms with Gasteiger partial charge in [-0.1, -0.05) is 51.5 Å². The minimum absolute atomic E-state index is 0.0187. The van der Waals surface area contributed by atoms with Gasteiger partial charge in [-0.3, -0.25) is 4.79 Å². The predicted octanol–water partition coefficient (Wildman–Crippen LogP) is 5.80. The number of halogens is 1. The molecule has 27 heavy (non-hydrogen) atoms. The minimum Gasteiger partial charge on any atom is -0.464 e. The van der Waals surface area contributed by atoms with Crippen molar-refractivity contribution in [2.75, 3.05) is 6.61 Å². The highest BCUT2D eigenvalue weighted by Gasteiger charge is 2.44. The Kier molecular flexibility index (Phi) is 6.19. The lowest BCUT2D eigenvalue weighted by molar-refractivity contribution is -0.157. The van der Waals surface area contributed by atoms with E-state index >= 15 is 0 Å². The SMILES string of the molecule is CCC1(COC(=O)C2(c3ccc(C#N)c(F)c3)CCCCC2)CCCCC1. The summed E-state index contributed by atoms with van der Waals surface area (Å²) in [5.41, 5.74) is 0.0270. The molecule has 1 aromatic carbocycles. The topological polar surface area (TPSA) is 50.1 Å². The van der Waals surface area contributed by atoms with Crippen molar-refractivity contribution in [3.05, 3.63) is 35.1 Å². The second kappa shape index (κ2) is 8.42. The number of carbonyl (C=O) groups excluding carboxylic acids is 1. The van der Waals surface area contributed by atoms with Gasteiger partial charge in [0.2, 0.25) is 0 Å². The smallest absolute Gasteiger partial charge is 0.316 e. The summed E-state index contributed by atoms with van der Waals surface area (Å²) < 4.78 is 20.2. The van der Waals surface area contributed by atoms with Gasteiger partial charge in [0.15, 0.2) is 0 Å². The quantitative estimate of drug-likeness (QED) is 0.614. The highest BCUT2D eigenvalue weighted by atomic mass is 19.1. The first kappa shape index (κ1) is 19.9. The van der Waals surface area contributed by atoms with Crippen LogP contribution in [-0.4, -0.2) is 12.6 Å². The normalized spacial score (nSPS) is 21.2. The third-order valence-electron chi connectivity index (χ3n) is 6.91. The van der Waals surface area contributed by atoms with E-state index in [2.05, 4.69) is 6.92 Å². The maximum Gasteiger partial charge on any atom is 0.316 e. The van der Waals surface area contributed by atoms with Crippen LogP contribution >= 0.6 is 0 Å². The van der Waals surface area contributed by atoms with E-state index < -0.39 is 11.2 Å². The standard InChI is InChI=1S/C23H30FNO2/c1-2-22(11-5-3-6-12-22)17-27-21(26)23(13-7-4-8-14-23)19-10-9-18(16-25)20(24)15-19/h9-10,15H,2-8,11-14,17H2,1H3. The summed E-state index contributed by atoms with van der Waals surface area (Å²) in [6.07, 6.45) is 11.3. The van der Waals surface area contributed by atoms with Crippen LogP contribution in [0.4, 0.5) is 4.39 Å². The summed E-state index contributed by atoms with van der Waals surface area (Å²) in [6.45, 7) is 2.66. The number of nitriles is 1. The van der Waals surface area contributed by atoms with Crippen LogP contribution in [0.15, 0.2) is 18.2 Å². The van der Waals surface area contributed by atoms with E-state index in [4.69, 9.17) is 10.00 Å². The fraction of sp³-hybridized carbons (Fsp3) is 0.652. The van der Waals surface area contributed by atoms with Gasteiger partial charge in [0.05, 0.1) is 17.6 Å². The fourth-order valence-corrected chi connectivity index (χ4v) is 4.93. The third-order valence-corrected chi connectivity index (χ3v) is 6.91. The first-order valence-corrected chi connectivity index (χ1v) is 10.4. The lowest BCUT2D eigenvalue weighted by Gasteiger charge is -2.39. The Hall–Kier alpha value is -1.89. The van der Waals surface area contributed by atoms with Gasteiger partial charge in [0.1, 0.15) is 11.9 Å². The van der Waals surface area contributed by atoms with Crippen LogP contribution < -0.4 is 0 Å². The molecule has 2 saturated carbocycles. The summed E-state index contributed by atoms with van der Waals surface area (Å²) in [4.78, 5) is 13.3. The van der Waals surface area contributed by atoms with Crippen molar-refractivity contribution in [1.82, 2.24) is 0 Å². The van der Waals surface area contributed by atoms with E-state index in [-0.39, 0.29) is 16.9 Å². The molecular weight excluding hydrogens is 341 g/mol. The number of benzene rings is 1. The zero-order chi connectivity index (χ0) is 19.3. The van der Waals surface area contributed by atoms with E-state index in [0.717, 1.165) is 38.5 Å². The van der Waals surface area contributed by atoms with Crippen molar-refractivity contribution >= 4 is 5.97 Å². The minimum atomic E-state index is -0.767. The number of nitrogens with zero attached hydrogens (tertiary/aromatic N) is 1. The average molecular weight is 371 g/mol. The van der Waals surface area contributed by atoms with Crippen LogP contribution in [0.3, 0.4) is 0 Å². The molecule has 0 atom stereocenters. The molecule has 0 aromatic heterocycles. The lowest BCUT2D eigenvalue weighted by atomic mass is 9.69. The van der Waals surface area contributed by atoms with Gasteiger partial charge >= 0.3 is 5.97 Å². The fourth-order valence-electron chi connectivity index (χ4n) is 4.93. The largest absolute Gasteiger partial charge is 0.464 e. The highest BCUT2D eigenvalue weighted by Crippen LogP contribution is 2.43. The maximum absolute atomic E-state index is 14.3. The third kappa shape index (κ3) is 4.03. The molecule has 2 aliphatic rings. The predicted molar refractivity (Wildman–Crippen MR) is 103 cm³/mol. The van der Waals surface area contributed by atoms with Crippen molar-refractivity contribution < 1.29 is 13.9 Å².